The summed E-state index contributed by atoms with van der Waals surface area (Å²) in [5.74, 6) is -0.185. The first-order chi connectivity index (χ1) is 17.9. The molecule has 0 bridgehead atoms. The average Bonchev–Trinajstić information content (AvgIpc) is 3.22. The Morgan fingerprint density at radius 2 is 1.78 bits per heavy atom. The van der Waals surface area contributed by atoms with E-state index in [1.165, 1.54) is 4.68 Å². The number of pyridine rings is 1. The predicted octanol–water partition coefficient (Wildman–Crippen LogP) is 3.10. The Hall–Kier alpha value is -3.24. The third-order valence-electron chi connectivity index (χ3n) is 8.12. The molecule has 3 aliphatic rings. The Morgan fingerprint density at radius 1 is 1.11 bits per heavy atom. The van der Waals surface area contributed by atoms with Gasteiger partial charge in [0.25, 0.3) is 0 Å². The lowest BCUT2D eigenvalue weighted by Crippen LogP contribution is -2.40. The molecule has 0 aromatic carbocycles. The van der Waals surface area contributed by atoms with Crippen molar-refractivity contribution in [2.75, 3.05) is 37.7 Å². The highest BCUT2D eigenvalue weighted by Crippen LogP contribution is 2.35. The Kier molecular flexibility index (Phi) is 7.30. The van der Waals surface area contributed by atoms with Crippen molar-refractivity contribution in [2.24, 2.45) is 18.9 Å². The maximum absolute atomic E-state index is 15.7. The lowest BCUT2D eigenvalue weighted by Gasteiger charge is -2.37. The summed E-state index contributed by atoms with van der Waals surface area (Å²) in [5, 5.41) is 7.32. The van der Waals surface area contributed by atoms with Crippen LogP contribution < -0.4 is 10.2 Å². The fourth-order valence-electron chi connectivity index (χ4n) is 6.09. The van der Waals surface area contributed by atoms with Gasteiger partial charge >= 0.3 is 6.09 Å². The van der Waals surface area contributed by atoms with Gasteiger partial charge in [-0.15, -0.1) is 0 Å². The third kappa shape index (κ3) is 5.13. The van der Waals surface area contributed by atoms with Gasteiger partial charge in [0, 0.05) is 51.2 Å². The minimum atomic E-state index is -0.589. The molecule has 2 aromatic rings. The summed E-state index contributed by atoms with van der Waals surface area (Å²) in [7, 11) is 1.67. The van der Waals surface area contributed by atoms with Gasteiger partial charge in [0.1, 0.15) is 5.52 Å². The van der Waals surface area contributed by atoms with Crippen molar-refractivity contribution in [1.29, 1.82) is 0 Å². The van der Waals surface area contributed by atoms with Crippen molar-refractivity contribution >= 4 is 34.6 Å². The Bertz CT molecular complexity index is 1180. The van der Waals surface area contributed by atoms with E-state index in [0.29, 0.717) is 47.3 Å². The van der Waals surface area contributed by atoms with E-state index in [0.717, 1.165) is 58.3 Å². The number of imide groups is 1. The monoisotopic (exact) mass is 514 g/mol. The minimum absolute atomic E-state index is 0.210. The highest BCUT2D eigenvalue weighted by molar-refractivity contribution is 6.02. The first kappa shape index (κ1) is 25.4. The Morgan fingerprint density at radius 3 is 2.43 bits per heavy atom. The molecule has 0 aliphatic carbocycles. The van der Waals surface area contributed by atoms with Gasteiger partial charge in [-0.1, -0.05) is 0 Å². The molecule has 3 fully saturated rings. The summed E-state index contributed by atoms with van der Waals surface area (Å²) >= 11 is 0. The number of rotatable bonds is 5. The zero-order valence-corrected chi connectivity index (χ0v) is 21.5. The van der Waals surface area contributed by atoms with Gasteiger partial charge in [-0.3, -0.25) is 19.6 Å². The molecular weight excluding hydrogens is 479 g/mol. The fraction of sp³-hybridized carbons (Fsp3) is 0.654. The van der Waals surface area contributed by atoms with Crippen LogP contribution in [0.5, 0.6) is 0 Å². The summed E-state index contributed by atoms with van der Waals surface area (Å²) < 4.78 is 22.3. The van der Waals surface area contributed by atoms with E-state index in [9.17, 15) is 14.4 Å². The van der Waals surface area contributed by atoms with Crippen LogP contribution in [0.1, 0.15) is 63.5 Å². The van der Waals surface area contributed by atoms with Gasteiger partial charge in [-0.05, 0) is 57.3 Å². The summed E-state index contributed by atoms with van der Waals surface area (Å²) in [6, 6.07) is 0. The van der Waals surface area contributed by atoms with E-state index in [2.05, 4.69) is 15.4 Å². The van der Waals surface area contributed by atoms with Gasteiger partial charge in [-0.2, -0.15) is 5.10 Å². The molecule has 1 N–H and O–H groups in total. The van der Waals surface area contributed by atoms with Crippen LogP contribution >= 0.6 is 0 Å². The molecule has 3 amide bonds. The molecule has 1 atom stereocenters. The number of halogens is 1. The van der Waals surface area contributed by atoms with Crippen LogP contribution in [0.25, 0.3) is 10.9 Å². The average molecular weight is 515 g/mol. The maximum Gasteiger partial charge on any atom is 0.409 e. The molecular formula is C26H35FN6O4. The van der Waals surface area contributed by atoms with Crippen molar-refractivity contribution < 1.29 is 23.5 Å². The molecule has 200 valence electrons. The number of carbonyl (C=O) groups is 3. The van der Waals surface area contributed by atoms with E-state index in [1.807, 2.05) is 11.8 Å². The van der Waals surface area contributed by atoms with Crippen LogP contribution in [-0.4, -0.2) is 70.4 Å². The standard InChI is InChI=1S/C26H35FN6O4/c1-3-37-26(36)33-12-8-17(9-13-33)14-16-6-10-32(11-7-16)24-21(27)23-19(15-28-24)22(30-31(23)2)18-4-5-20(34)29-25(18)35/h15-18H,3-14H2,1-2H3,(H,29,34,35). The maximum atomic E-state index is 15.7. The third-order valence-corrected chi connectivity index (χ3v) is 8.12. The van der Waals surface area contributed by atoms with E-state index in [-0.39, 0.29) is 18.4 Å². The number of fused-ring (bicyclic) bond motifs is 1. The number of hydrogen-bond acceptors (Lipinski definition) is 7. The zero-order chi connectivity index (χ0) is 26.1. The highest BCUT2D eigenvalue weighted by Gasteiger charge is 2.34. The number of likely N-dealkylation sites (tertiary alicyclic amines) is 1. The number of amides is 3. The normalized spacial score (nSPS) is 22.0. The van der Waals surface area contributed by atoms with Gasteiger partial charge in [0.15, 0.2) is 11.6 Å². The van der Waals surface area contributed by atoms with E-state index < -0.39 is 17.6 Å². The lowest BCUT2D eigenvalue weighted by atomic mass is 9.83. The number of hydrogen-bond donors (Lipinski definition) is 1. The smallest absolute Gasteiger partial charge is 0.409 e. The second-order valence-corrected chi connectivity index (χ2v) is 10.5. The Labute approximate surface area is 215 Å². The lowest BCUT2D eigenvalue weighted by molar-refractivity contribution is -0.134. The van der Waals surface area contributed by atoms with E-state index >= 15 is 4.39 Å². The minimum Gasteiger partial charge on any atom is -0.450 e. The number of nitrogens with one attached hydrogen (secondary N) is 1. The number of piperidine rings is 3. The van der Waals surface area contributed by atoms with Crippen LogP contribution in [0.4, 0.5) is 15.0 Å². The van der Waals surface area contributed by atoms with Crippen molar-refractivity contribution in [3.63, 3.8) is 0 Å². The molecule has 37 heavy (non-hydrogen) atoms. The molecule has 3 aliphatic heterocycles. The topological polar surface area (TPSA) is 110 Å². The SMILES string of the molecule is CCOC(=O)N1CCC(CC2CCN(c3ncc4c(C5CCC(=O)NC5=O)nn(C)c4c3F)CC2)CC1. The van der Waals surface area contributed by atoms with Gasteiger partial charge in [-0.25, -0.2) is 14.2 Å². The Balaban J connectivity index is 1.21. The number of aromatic nitrogens is 3. The predicted molar refractivity (Wildman–Crippen MR) is 134 cm³/mol. The molecule has 1 unspecified atom stereocenters. The van der Waals surface area contributed by atoms with Gasteiger partial charge in [0.05, 0.1) is 18.2 Å². The molecule has 2 aromatic heterocycles. The molecule has 10 nitrogen and oxygen atoms in total. The molecule has 0 saturated carbocycles. The van der Waals surface area contributed by atoms with Crippen molar-refractivity contribution in [3.05, 3.63) is 17.7 Å². The van der Waals surface area contributed by atoms with Crippen molar-refractivity contribution in [2.45, 2.75) is 57.8 Å². The van der Waals surface area contributed by atoms with Crippen LogP contribution in [0, 0.1) is 17.7 Å². The summed E-state index contributed by atoms with van der Waals surface area (Å²) in [4.78, 5) is 44.1. The summed E-state index contributed by atoms with van der Waals surface area (Å²) in [5.41, 5.74) is 0.799. The molecule has 0 spiro atoms. The second-order valence-electron chi connectivity index (χ2n) is 10.5. The molecule has 3 saturated heterocycles. The van der Waals surface area contributed by atoms with Crippen LogP contribution in [0.3, 0.4) is 0 Å². The van der Waals surface area contributed by atoms with Crippen LogP contribution in [0.15, 0.2) is 6.20 Å². The van der Waals surface area contributed by atoms with Crippen LogP contribution in [-0.2, 0) is 21.4 Å². The second kappa shape index (κ2) is 10.6. The van der Waals surface area contributed by atoms with Crippen molar-refractivity contribution in [1.82, 2.24) is 25.0 Å². The van der Waals surface area contributed by atoms with Crippen LogP contribution in [0.2, 0.25) is 0 Å². The van der Waals surface area contributed by atoms with Gasteiger partial charge in [0.2, 0.25) is 11.8 Å². The molecule has 0 radical (unpaired) electrons. The number of anilines is 1. The largest absolute Gasteiger partial charge is 0.450 e. The molecule has 11 heteroatoms. The first-order valence-electron chi connectivity index (χ1n) is 13.4. The molecule has 5 heterocycles. The first-order valence-corrected chi connectivity index (χ1v) is 13.4. The van der Waals surface area contributed by atoms with E-state index in [1.54, 1.807) is 18.1 Å². The number of carbonyl (C=O) groups excluding carboxylic acids is 3. The highest BCUT2D eigenvalue weighted by atomic mass is 19.1. The fourth-order valence-corrected chi connectivity index (χ4v) is 6.09. The number of nitrogens with zero attached hydrogens (tertiary/aromatic N) is 5. The molecule has 5 rings (SSSR count). The van der Waals surface area contributed by atoms with Crippen molar-refractivity contribution in [3.8, 4) is 0 Å². The van der Waals surface area contributed by atoms with E-state index in [4.69, 9.17) is 4.74 Å². The quantitative estimate of drug-likeness (QED) is 0.611. The number of ether oxygens (including phenoxy) is 1. The summed E-state index contributed by atoms with van der Waals surface area (Å²) in [6.07, 6.45) is 7.09. The van der Waals surface area contributed by atoms with Gasteiger partial charge < -0.3 is 14.5 Å². The zero-order valence-electron chi connectivity index (χ0n) is 21.5. The number of aryl methyl sites for hydroxylation is 1. The summed E-state index contributed by atoms with van der Waals surface area (Å²) in [6.45, 7) is 5.21.